The lowest BCUT2D eigenvalue weighted by Crippen LogP contribution is -2.30. The number of nitrogens with zero attached hydrogens (tertiary/aromatic N) is 4. The van der Waals surface area contributed by atoms with Crippen molar-refractivity contribution in [2.24, 2.45) is 11.8 Å². The molecule has 0 radical (unpaired) electrons. The molecule has 7 heteroatoms. The maximum Gasteiger partial charge on any atom is 0.225 e. The number of hydrogen-bond acceptors (Lipinski definition) is 4. The minimum absolute atomic E-state index is 0.284. The summed E-state index contributed by atoms with van der Waals surface area (Å²) in [4.78, 5) is 24.0. The fourth-order valence-electron chi connectivity index (χ4n) is 4.12. The van der Waals surface area contributed by atoms with Crippen molar-refractivity contribution in [2.75, 3.05) is 20.2 Å². The average Bonchev–Trinajstić information content (AvgIpc) is 3.39. The number of likely N-dealkylation sites (tertiary alicyclic amines) is 1. The number of benzene rings is 1. The molecule has 0 N–H and O–H groups in total. The van der Waals surface area contributed by atoms with Crippen molar-refractivity contribution in [2.45, 2.75) is 25.8 Å². The third-order valence-electron chi connectivity index (χ3n) is 5.84. The van der Waals surface area contributed by atoms with Gasteiger partial charge in [-0.2, -0.15) is 4.98 Å². The quantitative estimate of drug-likeness (QED) is 0.581. The van der Waals surface area contributed by atoms with Crippen molar-refractivity contribution < 1.29 is 9.53 Å². The molecule has 1 atom stereocenters. The predicted molar refractivity (Wildman–Crippen MR) is 115 cm³/mol. The summed E-state index contributed by atoms with van der Waals surface area (Å²) in [7, 11) is 1.63. The molecule has 2 aromatic heterocycles. The molecular formula is C22H23BrN4O2. The van der Waals surface area contributed by atoms with Crippen molar-refractivity contribution >= 4 is 33.0 Å². The van der Waals surface area contributed by atoms with Gasteiger partial charge in [0.25, 0.3) is 0 Å². The number of hydrogen-bond donors (Lipinski definition) is 0. The number of halogens is 1. The van der Waals surface area contributed by atoms with Gasteiger partial charge in [-0.3, -0.25) is 4.79 Å². The minimum Gasteiger partial charge on any atom is -0.481 e. The highest BCUT2D eigenvalue weighted by atomic mass is 79.9. The summed E-state index contributed by atoms with van der Waals surface area (Å²) < 4.78 is 8.58. The Labute approximate surface area is 178 Å². The topological polar surface area (TPSA) is 60.2 Å². The van der Waals surface area contributed by atoms with Gasteiger partial charge in [-0.15, -0.1) is 0 Å². The van der Waals surface area contributed by atoms with Gasteiger partial charge in [0.05, 0.1) is 7.11 Å². The van der Waals surface area contributed by atoms with Crippen LogP contribution in [0.15, 0.2) is 40.9 Å². The molecule has 0 unspecified atom stereocenters. The summed E-state index contributed by atoms with van der Waals surface area (Å²) in [5.41, 5.74) is 2.73. The van der Waals surface area contributed by atoms with Crippen LogP contribution in [0.25, 0.3) is 22.6 Å². The second-order valence-corrected chi connectivity index (χ2v) is 8.88. The molecule has 1 saturated heterocycles. The average molecular weight is 455 g/mol. The lowest BCUT2D eigenvalue weighted by Gasteiger charge is -2.17. The molecule has 1 aromatic carbocycles. The smallest absolute Gasteiger partial charge is 0.225 e. The number of aromatic nitrogens is 3. The van der Waals surface area contributed by atoms with Crippen LogP contribution in [0.1, 0.15) is 19.3 Å². The molecule has 150 valence electrons. The highest BCUT2D eigenvalue weighted by Gasteiger charge is 2.36. The number of fused-ring (bicyclic) bond motifs is 1. The molecule has 29 heavy (non-hydrogen) atoms. The van der Waals surface area contributed by atoms with E-state index >= 15 is 0 Å². The van der Waals surface area contributed by atoms with Crippen LogP contribution in [0.2, 0.25) is 0 Å². The second kappa shape index (κ2) is 7.44. The van der Waals surface area contributed by atoms with Crippen molar-refractivity contribution in [3.05, 3.63) is 40.9 Å². The molecule has 6 nitrogen and oxygen atoms in total. The first-order valence-corrected chi connectivity index (χ1v) is 10.9. The van der Waals surface area contributed by atoms with E-state index in [2.05, 4.69) is 42.5 Å². The highest BCUT2D eigenvalue weighted by Crippen LogP contribution is 2.34. The number of carbonyl (C=O) groups excluding carboxylic acids is 1. The first kappa shape index (κ1) is 18.6. The number of amides is 1. The Bertz CT molecular complexity index is 1060. The van der Waals surface area contributed by atoms with E-state index in [1.54, 1.807) is 7.11 Å². The van der Waals surface area contributed by atoms with Crippen molar-refractivity contribution in [3.8, 4) is 17.3 Å². The van der Waals surface area contributed by atoms with Gasteiger partial charge in [0, 0.05) is 41.7 Å². The van der Waals surface area contributed by atoms with Gasteiger partial charge in [-0.25, -0.2) is 4.98 Å². The van der Waals surface area contributed by atoms with Crippen LogP contribution in [-0.2, 0) is 11.3 Å². The zero-order valence-electron chi connectivity index (χ0n) is 16.3. The van der Waals surface area contributed by atoms with E-state index in [0.717, 1.165) is 65.9 Å². The van der Waals surface area contributed by atoms with Crippen LogP contribution in [0.4, 0.5) is 0 Å². The van der Waals surface area contributed by atoms with Gasteiger partial charge in [0.1, 0.15) is 11.3 Å². The third kappa shape index (κ3) is 3.64. The molecule has 1 saturated carbocycles. The van der Waals surface area contributed by atoms with E-state index in [4.69, 9.17) is 9.72 Å². The molecule has 3 heterocycles. The highest BCUT2D eigenvalue weighted by molar-refractivity contribution is 9.10. The predicted octanol–water partition coefficient (Wildman–Crippen LogP) is 4.13. The summed E-state index contributed by atoms with van der Waals surface area (Å²) in [5, 5.41) is 0. The van der Waals surface area contributed by atoms with Crippen LogP contribution < -0.4 is 4.74 Å². The first-order chi connectivity index (χ1) is 14.1. The Morgan fingerprint density at radius 3 is 2.66 bits per heavy atom. The Morgan fingerprint density at radius 2 is 1.93 bits per heavy atom. The summed E-state index contributed by atoms with van der Waals surface area (Å²) in [5.74, 6) is 2.51. The third-order valence-corrected chi connectivity index (χ3v) is 6.37. The second-order valence-electron chi connectivity index (χ2n) is 7.96. The Balaban J connectivity index is 1.49. The van der Waals surface area contributed by atoms with Crippen LogP contribution in [0, 0.1) is 11.8 Å². The monoisotopic (exact) mass is 454 g/mol. The van der Waals surface area contributed by atoms with E-state index in [-0.39, 0.29) is 5.92 Å². The fourth-order valence-corrected chi connectivity index (χ4v) is 4.38. The summed E-state index contributed by atoms with van der Waals surface area (Å²) in [6.45, 7) is 2.46. The van der Waals surface area contributed by atoms with Crippen LogP contribution >= 0.6 is 15.9 Å². The van der Waals surface area contributed by atoms with Gasteiger partial charge >= 0.3 is 0 Å². The molecule has 0 spiro atoms. The van der Waals surface area contributed by atoms with E-state index in [9.17, 15) is 4.79 Å². The molecule has 2 aliphatic rings. The number of rotatable bonds is 5. The molecule has 0 bridgehead atoms. The standard InChI is InChI=1S/C22H23BrN4O2/c1-29-19-9-8-18-21(25-19)27(20(24-18)15-4-6-17(23)7-5-15)13-14-10-11-26(12-14)22(28)16-2-3-16/h4-9,14,16H,2-3,10-13H2,1H3/t14-/m0/s1. The van der Waals surface area contributed by atoms with E-state index in [1.165, 1.54) is 0 Å². The number of ether oxygens (including phenoxy) is 1. The lowest BCUT2D eigenvalue weighted by molar-refractivity contribution is -0.131. The molecule has 1 aliphatic carbocycles. The number of pyridine rings is 1. The Morgan fingerprint density at radius 1 is 1.14 bits per heavy atom. The summed E-state index contributed by atoms with van der Waals surface area (Å²) in [6, 6.07) is 12.0. The minimum atomic E-state index is 0.284. The van der Waals surface area contributed by atoms with Crippen molar-refractivity contribution in [1.29, 1.82) is 0 Å². The summed E-state index contributed by atoms with van der Waals surface area (Å²) >= 11 is 3.50. The molecule has 1 amide bonds. The number of imidazole rings is 1. The van der Waals surface area contributed by atoms with Crippen molar-refractivity contribution in [1.82, 2.24) is 19.4 Å². The molecule has 5 rings (SSSR count). The number of carbonyl (C=O) groups is 1. The normalized spacial score (nSPS) is 19.1. The molecular weight excluding hydrogens is 432 g/mol. The fraction of sp³-hybridized carbons (Fsp3) is 0.409. The lowest BCUT2D eigenvalue weighted by atomic mass is 10.1. The molecule has 3 aromatic rings. The Kier molecular flexibility index (Phi) is 4.78. The van der Waals surface area contributed by atoms with Gasteiger partial charge in [-0.05, 0) is 43.4 Å². The summed E-state index contributed by atoms with van der Waals surface area (Å²) in [6.07, 6.45) is 3.13. The first-order valence-electron chi connectivity index (χ1n) is 10.1. The van der Waals surface area contributed by atoms with E-state index in [0.29, 0.717) is 17.7 Å². The zero-order chi connectivity index (χ0) is 20.0. The van der Waals surface area contributed by atoms with Gasteiger partial charge in [-0.1, -0.05) is 28.1 Å². The van der Waals surface area contributed by atoms with Gasteiger partial charge in [0.15, 0.2) is 5.65 Å². The van der Waals surface area contributed by atoms with Crippen LogP contribution in [0.5, 0.6) is 5.88 Å². The van der Waals surface area contributed by atoms with Crippen molar-refractivity contribution in [3.63, 3.8) is 0 Å². The maximum atomic E-state index is 12.4. The van der Waals surface area contributed by atoms with Gasteiger partial charge < -0.3 is 14.2 Å². The number of methoxy groups -OCH3 is 1. The molecule has 1 aliphatic heterocycles. The van der Waals surface area contributed by atoms with E-state index < -0.39 is 0 Å². The largest absolute Gasteiger partial charge is 0.481 e. The Hall–Kier alpha value is -2.41. The van der Waals surface area contributed by atoms with Crippen LogP contribution in [-0.4, -0.2) is 45.5 Å². The maximum absolute atomic E-state index is 12.4. The van der Waals surface area contributed by atoms with Crippen LogP contribution in [0.3, 0.4) is 0 Å². The van der Waals surface area contributed by atoms with E-state index in [1.807, 2.05) is 24.3 Å². The van der Waals surface area contributed by atoms with Gasteiger partial charge in [0.2, 0.25) is 11.8 Å². The SMILES string of the molecule is COc1ccc2nc(-c3ccc(Br)cc3)n(C[C@H]3CCN(C(=O)C4CC4)C3)c2n1. The zero-order valence-corrected chi connectivity index (χ0v) is 17.9. The molecule has 2 fully saturated rings.